The molecule has 0 unspecified atom stereocenters. The predicted octanol–water partition coefficient (Wildman–Crippen LogP) is 4.66. The third kappa shape index (κ3) is 5.25. The maximum absolute atomic E-state index is 12.0. The molecule has 1 aromatic rings. The van der Waals surface area contributed by atoms with E-state index in [1.165, 1.54) is 0 Å². The molecule has 4 heteroatoms. The summed E-state index contributed by atoms with van der Waals surface area (Å²) in [6, 6.07) is 5.23. The Labute approximate surface area is 125 Å². The van der Waals surface area contributed by atoms with E-state index in [2.05, 4.69) is 13.8 Å². The maximum Gasteiger partial charge on any atom is 0.246 e. The van der Waals surface area contributed by atoms with E-state index in [0.29, 0.717) is 10.0 Å². The Bertz CT molecular complexity index is 451. The van der Waals surface area contributed by atoms with Gasteiger partial charge in [-0.1, -0.05) is 43.1 Å². The van der Waals surface area contributed by atoms with Crippen molar-refractivity contribution in [1.82, 2.24) is 4.90 Å². The van der Waals surface area contributed by atoms with E-state index >= 15 is 0 Å². The van der Waals surface area contributed by atoms with Gasteiger partial charge in [0.1, 0.15) is 0 Å². The van der Waals surface area contributed by atoms with Gasteiger partial charge in [-0.2, -0.15) is 0 Å². The van der Waals surface area contributed by atoms with Crippen LogP contribution in [0.15, 0.2) is 24.3 Å². The van der Waals surface area contributed by atoms with E-state index in [1.807, 2.05) is 4.90 Å². The number of carbonyl (C=O) groups is 1. The first kappa shape index (κ1) is 16.1. The minimum Gasteiger partial charge on any atom is -0.339 e. The summed E-state index contributed by atoms with van der Waals surface area (Å²) in [6.07, 6.45) is 5.22. The van der Waals surface area contributed by atoms with Crippen LogP contribution in [-0.2, 0) is 4.79 Å². The van der Waals surface area contributed by atoms with Gasteiger partial charge in [-0.25, -0.2) is 0 Å². The van der Waals surface area contributed by atoms with Crippen molar-refractivity contribution in [3.63, 3.8) is 0 Å². The van der Waals surface area contributed by atoms with Crippen molar-refractivity contribution in [2.45, 2.75) is 26.7 Å². The Morgan fingerprint density at radius 1 is 1.21 bits per heavy atom. The average Bonchev–Trinajstić information content (AvgIpc) is 2.37. The molecule has 0 spiro atoms. The molecule has 2 nitrogen and oxygen atoms in total. The lowest BCUT2D eigenvalue weighted by Crippen LogP contribution is -2.30. The SMILES string of the molecule is CCCN(CCC)C(=O)/C=C/c1ccc(Cl)cc1Cl. The molecule has 0 bridgehead atoms. The molecule has 0 N–H and O–H groups in total. The highest BCUT2D eigenvalue weighted by Crippen LogP contribution is 2.22. The van der Waals surface area contributed by atoms with Crippen LogP contribution >= 0.6 is 23.2 Å². The first-order chi connectivity index (χ1) is 9.08. The molecule has 0 aliphatic heterocycles. The standard InChI is InChI=1S/C15H19Cl2NO/c1-3-9-18(10-4-2)15(19)8-6-12-5-7-13(16)11-14(12)17/h5-8,11H,3-4,9-10H2,1-2H3/b8-6+. The van der Waals surface area contributed by atoms with E-state index in [4.69, 9.17) is 23.2 Å². The molecule has 1 aromatic carbocycles. The van der Waals surface area contributed by atoms with Crippen molar-refractivity contribution in [2.75, 3.05) is 13.1 Å². The van der Waals surface area contributed by atoms with Crippen LogP contribution in [0.3, 0.4) is 0 Å². The van der Waals surface area contributed by atoms with Gasteiger partial charge in [-0.05, 0) is 36.6 Å². The maximum atomic E-state index is 12.0. The topological polar surface area (TPSA) is 20.3 Å². The predicted molar refractivity (Wildman–Crippen MR) is 82.7 cm³/mol. The molecule has 1 rings (SSSR count). The van der Waals surface area contributed by atoms with Crippen molar-refractivity contribution in [3.8, 4) is 0 Å². The Morgan fingerprint density at radius 2 is 1.84 bits per heavy atom. The third-order valence-electron chi connectivity index (χ3n) is 2.67. The molecular weight excluding hydrogens is 281 g/mol. The molecule has 0 atom stereocenters. The van der Waals surface area contributed by atoms with Crippen LogP contribution in [0.4, 0.5) is 0 Å². The van der Waals surface area contributed by atoms with Gasteiger partial charge in [0.2, 0.25) is 5.91 Å². The van der Waals surface area contributed by atoms with E-state index in [0.717, 1.165) is 31.5 Å². The zero-order chi connectivity index (χ0) is 14.3. The number of benzene rings is 1. The minimum atomic E-state index is 0.0229. The van der Waals surface area contributed by atoms with Gasteiger partial charge < -0.3 is 4.90 Å². The van der Waals surface area contributed by atoms with Crippen molar-refractivity contribution < 1.29 is 4.79 Å². The quantitative estimate of drug-likeness (QED) is 0.700. The van der Waals surface area contributed by atoms with Crippen molar-refractivity contribution in [2.24, 2.45) is 0 Å². The summed E-state index contributed by atoms with van der Waals surface area (Å²) in [5, 5.41) is 1.14. The van der Waals surface area contributed by atoms with Crippen LogP contribution in [0.1, 0.15) is 32.3 Å². The molecule has 104 valence electrons. The molecular formula is C15H19Cl2NO. The minimum absolute atomic E-state index is 0.0229. The van der Waals surface area contributed by atoms with E-state index < -0.39 is 0 Å². The summed E-state index contributed by atoms with van der Waals surface area (Å²) in [6.45, 7) is 5.70. The molecule has 19 heavy (non-hydrogen) atoms. The number of amides is 1. The molecule has 0 radical (unpaired) electrons. The first-order valence-corrected chi connectivity index (χ1v) is 7.26. The summed E-state index contributed by atoms with van der Waals surface area (Å²) < 4.78 is 0. The zero-order valence-electron chi connectivity index (χ0n) is 11.3. The van der Waals surface area contributed by atoms with Gasteiger partial charge in [0.15, 0.2) is 0 Å². The van der Waals surface area contributed by atoms with Gasteiger partial charge in [0.25, 0.3) is 0 Å². The number of carbonyl (C=O) groups excluding carboxylic acids is 1. The highest BCUT2D eigenvalue weighted by atomic mass is 35.5. The Kier molecular flexibility index (Phi) is 6.96. The fraction of sp³-hybridized carbons (Fsp3) is 0.400. The zero-order valence-corrected chi connectivity index (χ0v) is 12.8. The van der Waals surface area contributed by atoms with Crippen molar-refractivity contribution >= 4 is 35.2 Å². The molecule has 0 saturated heterocycles. The first-order valence-electron chi connectivity index (χ1n) is 6.50. The lowest BCUT2D eigenvalue weighted by atomic mass is 10.2. The fourth-order valence-corrected chi connectivity index (χ4v) is 2.25. The van der Waals surface area contributed by atoms with Crippen molar-refractivity contribution in [3.05, 3.63) is 39.9 Å². The molecule has 1 amide bonds. The van der Waals surface area contributed by atoms with E-state index in [1.54, 1.807) is 30.4 Å². The average molecular weight is 300 g/mol. The number of hydrogen-bond donors (Lipinski definition) is 0. The smallest absolute Gasteiger partial charge is 0.246 e. The second kappa shape index (κ2) is 8.23. The lowest BCUT2D eigenvalue weighted by Gasteiger charge is -2.19. The van der Waals surface area contributed by atoms with Gasteiger partial charge in [-0.15, -0.1) is 0 Å². The largest absolute Gasteiger partial charge is 0.339 e. The number of hydrogen-bond acceptors (Lipinski definition) is 1. The second-order valence-corrected chi connectivity index (χ2v) is 5.17. The highest BCUT2D eigenvalue weighted by Gasteiger charge is 2.08. The number of halogens is 2. The Morgan fingerprint density at radius 3 is 2.37 bits per heavy atom. The molecule has 0 aromatic heterocycles. The Hall–Kier alpha value is -0.990. The number of rotatable bonds is 6. The van der Waals surface area contributed by atoms with Crippen LogP contribution in [-0.4, -0.2) is 23.9 Å². The fourth-order valence-electron chi connectivity index (χ4n) is 1.78. The molecule has 0 saturated carbocycles. The van der Waals surface area contributed by atoms with Gasteiger partial charge in [0.05, 0.1) is 0 Å². The molecule has 0 fully saturated rings. The highest BCUT2D eigenvalue weighted by molar-refractivity contribution is 6.35. The normalized spacial score (nSPS) is 10.9. The molecule has 0 aliphatic rings. The summed E-state index contributed by atoms with van der Waals surface area (Å²) in [5.41, 5.74) is 0.798. The number of nitrogens with zero attached hydrogens (tertiary/aromatic N) is 1. The van der Waals surface area contributed by atoms with Gasteiger partial charge in [-0.3, -0.25) is 4.79 Å². The molecule has 0 aliphatic carbocycles. The van der Waals surface area contributed by atoms with Crippen molar-refractivity contribution in [1.29, 1.82) is 0 Å². The lowest BCUT2D eigenvalue weighted by molar-refractivity contribution is -0.126. The van der Waals surface area contributed by atoms with Crippen LogP contribution < -0.4 is 0 Å². The summed E-state index contributed by atoms with van der Waals surface area (Å²) in [5.74, 6) is 0.0229. The van der Waals surface area contributed by atoms with Crippen LogP contribution in [0.5, 0.6) is 0 Å². The van der Waals surface area contributed by atoms with Crippen LogP contribution in [0.2, 0.25) is 10.0 Å². The van der Waals surface area contributed by atoms with E-state index in [9.17, 15) is 4.79 Å². The Balaban J connectivity index is 2.76. The van der Waals surface area contributed by atoms with Gasteiger partial charge in [0, 0.05) is 29.2 Å². The second-order valence-electron chi connectivity index (χ2n) is 4.32. The summed E-state index contributed by atoms with van der Waals surface area (Å²) in [4.78, 5) is 13.9. The monoisotopic (exact) mass is 299 g/mol. The summed E-state index contributed by atoms with van der Waals surface area (Å²) >= 11 is 11.9. The third-order valence-corrected chi connectivity index (χ3v) is 3.23. The van der Waals surface area contributed by atoms with Crippen LogP contribution in [0.25, 0.3) is 6.08 Å². The van der Waals surface area contributed by atoms with Gasteiger partial charge >= 0.3 is 0 Å². The summed E-state index contributed by atoms with van der Waals surface area (Å²) in [7, 11) is 0. The molecule has 0 heterocycles. The van der Waals surface area contributed by atoms with E-state index in [-0.39, 0.29) is 5.91 Å². The van der Waals surface area contributed by atoms with Crippen LogP contribution in [0, 0.1) is 0 Å².